The summed E-state index contributed by atoms with van der Waals surface area (Å²) in [6.45, 7) is 1.12. The van der Waals surface area contributed by atoms with E-state index < -0.39 is 15.8 Å². The number of carbonyl (C=O) groups excluding carboxylic acids is 1. The first-order chi connectivity index (χ1) is 15.4. The van der Waals surface area contributed by atoms with Crippen LogP contribution in [0, 0.1) is 0 Å². The van der Waals surface area contributed by atoms with Gasteiger partial charge >= 0.3 is 5.76 Å². The molecule has 1 fully saturated rings. The van der Waals surface area contributed by atoms with Crippen LogP contribution in [0.5, 0.6) is 11.5 Å². The summed E-state index contributed by atoms with van der Waals surface area (Å²) in [6, 6.07) is 9.64. The summed E-state index contributed by atoms with van der Waals surface area (Å²) in [5.41, 5.74) is 1.30. The molecule has 0 aliphatic carbocycles. The highest BCUT2D eigenvalue weighted by atomic mass is 32.2. The van der Waals surface area contributed by atoms with Crippen LogP contribution in [0.3, 0.4) is 0 Å². The van der Waals surface area contributed by atoms with E-state index in [4.69, 9.17) is 13.9 Å². The minimum Gasteiger partial charge on any atom is -0.454 e. The van der Waals surface area contributed by atoms with Gasteiger partial charge in [-0.25, -0.2) is 13.2 Å². The lowest BCUT2D eigenvalue weighted by Gasteiger charge is -2.15. The third-order valence-corrected chi connectivity index (χ3v) is 7.47. The van der Waals surface area contributed by atoms with E-state index in [-0.39, 0.29) is 36.3 Å². The highest BCUT2D eigenvalue weighted by Crippen LogP contribution is 2.32. The van der Waals surface area contributed by atoms with E-state index in [2.05, 4.69) is 5.32 Å². The quantitative estimate of drug-likeness (QED) is 0.592. The lowest BCUT2D eigenvalue weighted by Crippen LogP contribution is -2.30. The summed E-state index contributed by atoms with van der Waals surface area (Å²) >= 11 is 0. The molecule has 3 aromatic rings. The van der Waals surface area contributed by atoms with E-state index in [1.807, 2.05) is 6.07 Å². The number of sulfonamides is 1. The summed E-state index contributed by atoms with van der Waals surface area (Å²) in [7, 11) is -3.64. The molecule has 11 heteroatoms. The number of aromatic nitrogens is 1. The van der Waals surface area contributed by atoms with Crippen LogP contribution < -0.4 is 20.5 Å². The maximum absolute atomic E-state index is 12.8. The summed E-state index contributed by atoms with van der Waals surface area (Å²) in [4.78, 5) is 24.8. The van der Waals surface area contributed by atoms with Gasteiger partial charge in [0.1, 0.15) is 6.54 Å². The number of carbonyl (C=O) groups is 1. The Hall–Kier alpha value is -3.31. The minimum atomic E-state index is -3.64. The number of nitrogens with one attached hydrogen (secondary N) is 1. The molecule has 0 saturated carbocycles. The third-order valence-electron chi connectivity index (χ3n) is 5.57. The monoisotopic (exact) mass is 459 g/mol. The fraction of sp³-hybridized carbons (Fsp3) is 0.333. The van der Waals surface area contributed by atoms with Crippen LogP contribution >= 0.6 is 0 Å². The summed E-state index contributed by atoms with van der Waals surface area (Å²) in [5.74, 6) is 0.159. The molecule has 0 spiro atoms. The third kappa shape index (κ3) is 3.73. The van der Waals surface area contributed by atoms with Crippen LogP contribution in [0.25, 0.3) is 11.1 Å². The van der Waals surface area contributed by atoms with Gasteiger partial charge in [-0.1, -0.05) is 6.07 Å². The Bertz CT molecular complexity index is 1350. The molecule has 0 atom stereocenters. The number of hydrogen-bond donors (Lipinski definition) is 1. The first-order valence-corrected chi connectivity index (χ1v) is 11.6. The molecule has 2 aliphatic rings. The summed E-state index contributed by atoms with van der Waals surface area (Å²) < 4.78 is 43.9. The number of nitrogens with zero attached hydrogens (tertiary/aromatic N) is 2. The highest BCUT2D eigenvalue weighted by Gasteiger charge is 2.28. The van der Waals surface area contributed by atoms with Gasteiger partial charge in [0.25, 0.3) is 0 Å². The zero-order chi connectivity index (χ0) is 22.3. The van der Waals surface area contributed by atoms with Gasteiger partial charge in [-0.2, -0.15) is 4.31 Å². The van der Waals surface area contributed by atoms with Crippen molar-refractivity contribution in [1.29, 1.82) is 0 Å². The van der Waals surface area contributed by atoms with Crippen LogP contribution in [-0.2, 0) is 27.9 Å². The van der Waals surface area contributed by atoms with Crippen molar-refractivity contribution in [2.24, 2.45) is 0 Å². The average Bonchev–Trinajstić information content (AvgIpc) is 3.52. The normalized spacial score (nSPS) is 16.0. The van der Waals surface area contributed by atoms with Gasteiger partial charge in [-0.05, 0) is 42.7 Å². The van der Waals surface area contributed by atoms with Crippen molar-refractivity contribution in [3.63, 3.8) is 0 Å². The lowest BCUT2D eigenvalue weighted by atomic mass is 10.2. The van der Waals surface area contributed by atoms with Crippen LogP contribution in [0.2, 0.25) is 0 Å². The number of fused-ring (bicyclic) bond motifs is 2. The Labute approximate surface area is 183 Å². The molecule has 0 bridgehead atoms. The van der Waals surface area contributed by atoms with E-state index >= 15 is 0 Å². The predicted molar refractivity (Wildman–Crippen MR) is 113 cm³/mol. The van der Waals surface area contributed by atoms with Gasteiger partial charge in [-0.15, -0.1) is 0 Å². The Balaban J connectivity index is 1.31. The molecule has 1 amide bonds. The van der Waals surface area contributed by atoms with Gasteiger partial charge in [0.05, 0.1) is 10.4 Å². The van der Waals surface area contributed by atoms with E-state index in [0.717, 1.165) is 18.4 Å². The molecule has 0 radical (unpaired) electrons. The smallest absolute Gasteiger partial charge is 0.420 e. The van der Waals surface area contributed by atoms with Crippen LogP contribution in [0.1, 0.15) is 18.4 Å². The molecule has 1 aromatic heterocycles. The van der Waals surface area contributed by atoms with Gasteiger partial charge in [0.2, 0.25) is 22.7 Å². The summed E-state index contributed by atoms with van der Waals surface area (Å²) in [5, 5.41) is 2.75. The average molecular weight is 459 g/mol. The zero-order valence-corrected chi connectivity index (χ0v) is 17.9. The first kappa shape index (κ1) is 20.6. The Morgan fingerprint density at radius 2 is 1.81 bits per heavy atom. The number of hydrogen-bond acceptors (Lipinski definition) is 7. The molecule has 10 nitrogen and oxygen atoms in total. The number of ether oxygens (including phenoxy) is 2. The maximum atomic E-state index is 12.8. The Morgan fingerprint density at radius 1 is 1.03 bits per heavy atom. The molecular formula is C21H21N3O7S. The van der Waals surface area contributed by atoms with Gasteiger partial charge in [-0.3, -0.25) is 9.36 Å². The second kappa shape index (κ2) is 7.99. The largest absolute Gasteiger partial charge is 0.454 e. The molecule has 168 valence electrons. The van der Waals surface area contributed by atoms with Gasteiger partial charge in [0.15, 0.2) is 17.1 Å². The number of benzene rings is 2. The second-order valence-electron chi connectivity index (χ2n) is 7.66. The fourth-order valence-corrected chi connectivity index (χ4v) is 5.42. The van der Waals surface area contributed by atoms with Crippen molar-refractivity contribution in [3.05, 3.63) is 52.5 Å². The van der Waals surface area contributed by atoms with Crippen LogP contribution in [0.4, 0.5) is 0 Å². The lowest BCUT2D eigenvalue weighted by molar-refractivity contribution is -0.121. The highest BCUT2D eigenvalue weighted by molar-refractivity contribution is 7.89. The van der Waals surface area contributed by atoms with E-state index in [9.17, 15) is 18.0 Å². The van der Waals surface area contributed by atoms with E-state index in [0.29, 0.717) is 30.1 Å². The second-order valence-corrected chi connectivity index (χ2v) is 9.60. The molecule has 5 rings (SSSR count). The number of amides is 1. The molecule has 2 aliphatic heterocycles. The first-order valence-electron chi connectivity index (χ1n) is 10.2. The molecule has 2 aromatic carbocycles. The molecule has 0 unspecified atom stereocenters. The minimum absolute atomic E-state index is 0.0695. The summed E-state index contributed by atoms with van der Waals surface area (Å²) in [6.07, 6.45) is 1.66. The SMILES string of the molecule is O=C(Cn1c(=O)oc2cc(S(=O)(=O)N3CCCC3)ccc21)NCc1ccc2c(c1)OCO2. The molecule has 3 heterocycles. The van der Waals surface area contributed by atoms with Crippen LogP contribution in [-0.4, -0.2) is 43.1 Å². The maximum Gasteiger partial charge on any atom is 0.420 e. The topological polar surface area (TPSA) is 120 Å². The molecule has 32 heavy (non-hydrogen) atoms. The van der Waals surface area contributed by atoms with Crippen LogP contribution in [0.15, 0.2) is 50.5 Å². The molecule has 1 N–H and O–H groups in total. The van der Waals surface area contributed by atoms with E-state index in [1.54, 1.807) is 12.1 Å². The van der Waals surface area contributed by atoms with E-state index in [1.165, 1.54) is 27.1 Å². The van der Waals surface area contributed by atoms with Crippen molar-refractivity contribution in [2.45, 2.75) is 30.8 Å². The standard InChI is InChI=1S/C21H21N3O7S/c25-20(22-11-14-3-6-17-19(9-14)30-13-29-17)12-24-16-5-4-15(10-18(16)31-21(24)26)32(27,28)23-7-1-2-8-23/h3-6,9-10H,1-2,7-8,11-13H2,(H,22,25). The fourth-order valence-electron chi connectivity index (χ4n) is 3.89. The molecular weight excluding hydrogens is 438 g/mol. The Kier molecular flexibility index (Phi) is 5.14. The van der Waals surface area contributed by atoms with Crippen molar-refractivity contribution in [1.82, 2.24) is 14.2 Å². The van der Waals surface area contributed by atoms with Crippen molar-refractivity contribution < 1.29 is 27.1 Å². The molecule has 1 saturated heterocycles. The van der Waals surface area contributed by atoms with Crippen molar-refractivity contribution >= 4 is 27.0 Å². The van der Waals surface area contributed by atoms with Crippen molar-refractivity contribution in [2.75, 3.05) is 19.9 Å². The van der Waals surface area contributed by atoms with Crippen molar-refractivity contribution in [3.8, 4) is 11.5 Å². The van der Waals surface area contributed by atoms with Gasteiger partial charge in [0, 0.05) is 25.7 Å². The Morgan fingerprint density at radius 3 is 2.62 bits per heavy atom. The number of rotatable bonds is 6. The number of oxazole rings is 1. The predicted octanol–water partition coefficient (Wildman–Crippen LogP) is 1.42. The zero-order valence-electron chi connectivity index (χ0n) is 17.1. The van der Waals surface area contributed by atoms with Gasteiger partial charge < -0.3 is 19.2 Å².